The van der Waals surface area contributed by atoms with Crippen LogP contribution in [0.1, 0.15) is 31.2 Å². The van der Waals surface area contributed by atoms with Gasteiger partial charge in [-0.2, -0.15) is 13.2 Å². The smallest absolute Gasteiger partial charge is 0.303 e. The summed E-state index contributed by atoms with van der Waals surface area (Å²) in [6.45, 7) is 3.07. The Morgan fingerprint density at radius 3 is 2.48 bits per heavy atom. The molecule has 4 nitrogen and oxygen atoms in total. The lowest BCUT2D eigenvalue weighted by atomic mass is 10.1. The van der Waals surface area contributed by atoms with E-state index in [-0.39, 0.29) is 11.4 Å². The summed E-state index contributed by atoms with van der Waals surface area (Å²) < 4.78 is 64.5. The molecule has 130 valence electrons. The fourth-order valence-electron chi connectivity index (χ4n) is 2.62. The number of hydrogen-bond donors (Lipinski definition) is 1. The van der Waals surface area contributed by atoms with E-state index in [1.54, 1.807) is 0 Å². The molecule has 0 unspecified atom stereocenters. The number of rotatable bonds is 6. The molecule has 0 radical (unpaired) electrons. The normalized spacial score (nSPS) is 17.3. The first-order valence-corrected chi connectivity index (χ1v) is 9.17. The number of hydrogen-bond acceptors (Lipinski definition) is 3. The quantitative estimate of drug-likeness (QED) is 0.803. The number of alkyl halides is 3. The van der Waals surface area contributed by atoms with Crippen LogP contribution in [0.5, 0.6) is 0 Å². The fraction of sp³-hybridized carbons (Fsp3) is 0.600. The molecule has 1 saturated heterocycles. The van der Waals surface area contributed by atoms with E-state index < -0.39 is 21.8 Å². The number of nitrogens with one attached hydrogen (secondary N) is 1. The number of halogens is 3. The van der Waals surface area contributed by atoms with Crippen LogP contribution in [-0.4, -0.2) is 39.5 Å². The van der Waals surface area contributed by atoms with Crippen molar-refractivity contribution >= 4 is 10.0 Å². The molecule has 1 heterocycles. The molecule has 0 aliphatic carbocycles. The van der Waals surface area contributed by atoms with E-state index in [1.807, 2.05) is 0 Å². The summed E-state index contributed by atoms with van der Waals surface area (Å²) in [5.41, 5.74) is -0.964. The Hall–Kier alpha value is -1.12. The van der Waals surface area contributed by atoms with Crippen molar-refractivity contribution < 1.29 is 21.6 Å². The Morgan fingerprint density at radius 1 is 1.13 bits per heavy atom. The predicted molar refractivity (Wildman–Crippen MR) is 81.5 cm³/mol. The Labute approximate surface area is 134 Å². The second kappa shape index (κ2) is 7.63. The van der Waals surface area contributed by atoms with Crippen LogP contribution in [0.4, 0.5) is 13.2 Å². The van der Waals surface area contributed by atoms with E-state index >= 15 is 0 Å². The van der Waals surface area contributed by atoms with Crippen LogP contribution in [0.25, 0.3) is 0 Å². The van der Waals surface area contributed by atoms with Gasteiger partial charge in [0.05, 0.1) is 10.5 Å². The topological polar surface area (TPSA) is 49.4 Å². The molecule has 0 bridgehead atoms. The first-order valence-electron chi connectivity index (χ1n) is 7.68. The highest BCUT2D eigenvalue weighted by Gasteiger charge is 2.31. The zero-order valence-electron chi connectivity index (χ0n) is 12.8. The summed E-state index contributed by atoms with van der Waals surface area (Å²) in [7, 11) is -3.91. The average Bonchev–Trinajstić information content (AvgIpc) is 2.52. The van der Waals surface area contributed by atoms with Crippen molar-refractivity contribution in [1.29, 1.82) is 0 Å². The van der Waals surface area contributed by atoms with Gasteiger partial charge in [-0.15, -0.1) is 0 Å². The molecule has 1 N–H and O–H groups in total. The monoisotopic (exact) mass is 350 g/mol. The van der Waals surface area contributed by atoms with Crippen molar-refractivity contribution in [2.45, 2.75) is 36.8 Å². The van der Waals surface area contributed by atoms with E-state index in [0.717, 1.165) is 44.6 Å². The minimum absolute atomic E-state index is 0.217. The maximum Gasteiger partial charge on any atom is 0.416 e. The molecule has 1 aliphatic rings. The van der Waals surface area contributed by atoms with Gasteiger partial charge < -0.3 is 4.90 Å². The summed E-state index contributed by atoms with van der Waals surface area (Å²) in [4.78, 5) is 1.92. The van der Waals surface area contributed by atoms with E-state index in [4.69, 9.17) is 0 Å². The van der Waals surface area contributed by atoms with Crippen molar-refractivity contribution in [3.8, 4) is 0 Å². The largest absolute Gasteiger partial charge is 0.416 e. The van der Waals surface area contributed by atoms with E-state index in [1.165, 1.54) is 12.5 Å². The molecule has 8 heteroatoms. The second-order valence-electron chi connectivity index (χ2n) is 5.68. The van der Waals surface area contributed by atoms with Crippen LogP contribution in [0, 0.1) is 0 Å². The van der Waals surface area contributed by atoms with Gasteiger partial charge in [0, 0.05) is 6.54 Å². The Bertz CT molecular complexity index is 611. The third kappa shape index (κ3) is 5.47. The zero-order valence-corrected chi connectivity index (χ0v) is 13.6. The SMILES string of the molecule is O=S(=O)(NCCCN1CCCCC1)c1cccc(C(F)(F)F)c1. The molecule has 2 rings (SSSR count). The standard InChI is InChI=1S/C15H21F3N2O2S/c16-15(17,18)13-6-4-7-14(12-13)23(21,22)19-8-5-11-20-9-2-1-3-10-20/h4,6-7,12,19H,1-3,5,8-11H2. The summed E-state index contributed by atoms with van der Waals surface area (Å²) in [5.74, 6) is 0. The molecule has 1 aliphatic heterocycles. The van der Waals surface area contributed by atoms with E-state index in [0.29, 0.717) is 12.5 Å². The number of sulfonamides is 1. The number of benzene rings is 1. The minimum atomic E-state index is -4.56. The lowest BCUT2D eigenvalue weighted by Gasteiger charge is -2.26. The molecule has 0 saturated carbocycles. The Balaban J connectivity index is 1.88. The highest BCUT2D eigenvalue weighted by molar-refractivity contribution is 7.89. The highest BCUT2D eigenvalue weighted by Crippen LogP contribution is 2.30. The van der Waals surface area contributed by atoms with Gasteiger partial charge in [-0.25, -0.2) is 13.1 Å². The molecular weight excluding hydrogens is 329 g/mol. The molecule has 0 aromatic heterocycles. The Morgan fingerprint density at radius 2 is 1.83 bits per heavy atom. The van der Waals surface area contributed by atoms with Gasteiger partial charge >= 0.3 is 6.18 Å². The molecule has 23 heavy (non-hydrogen) atoms. The van der Waals surface area contributed by atoms with Crippen molar-refractivity contribution in [1.82, 2.24) is 9.62 Å². The molecule has 1 fully saturated rings. The third-order valence-corrected chi connectivity index (χ3v) is 5.32. The summed E-state index contributed by atoms with van der Waals surface area (Å²) in [6, 6.07) is 3.79. The highest BCUT2D eigenvalue weighted by atomic mass is 32.2. The van der Waals surface area contributed by atoms with Gasteiger partial charge in [-0.1, -0.05) is 12.5 Å². The minimum Gasteiger partial charge on any atom is -0.303 e. The summed E-state index contributed by atoms with van der Waals surface area (Å²) in [5, 5.41) is 0. The first-order chi connectivity index (χ1) is 10.8. The van der Waals surface area contributed by atoms with Gasteiger partial charge in [-0.05, 0) is 57.1 Å². The molecule has 0 spiro atoms. The Kier molecular flexibility index (Phi) is 6.05. The first kappa shape index (κ1) is 18.2. The predicted octanol–water partition coefficient (Wildman–Crippen LogP) is 2.86. The lowest BCUT2D eigenvalue weighted by Crippen LogP contribution is -2.33. The third-order valence-electron chi connectivity index (χ3n) is 3.86. The van der Waals surface area contributed by atoms with Crippen LogP contribution >= 0.6 is 0 Å². The van der Waals surface area contributed by atoms with Gasteiger partial charge in [-0.3, -0.25) is 0 Å². The molecular formula is C15H21F3N2O2S. The van der Waals surface area contributed by atoms with Crippen LogP contribution < -0.4 is 4.72 Å². The molecule has 0 amide bonds. The van der Waals surface area contributed by atoms with Gasteiger partial charge in [0.15, 0.2) is 0 Å². The van der Waals surface area contributed by atoms with E-state index in [9.17, 15) is 21.6 Å². The molecule has 0 atom stereocenters. The van der Waals surface area contributed by atoms with Crippen LogP contribution in [-0.2, 0) is 16.2 Å². The van der Waals surface area contributed by atoms with Crippen LogP contribution in [0.3, 0.4) is 0 Å². The average molecular weight is 350 g/mol. The zero-order chi connectivity index (χ0) is 16.9. The van der Waals surface area contributed by atoms with Crippen molar-refractivity contribution in [3.05, 3.63) is 29.8 Å². The van der Waals surface area contributed by atoms with E-state index in [2.05, 4.69) is 9.62 Å². The van der Waals surface area contributed by atoms with Gasteiger partial charge in [0.1, 0.15) is 0 Å². The number of likely N-dealkylation sites (tertiary alicyclic amines) is 1. The number of piperidine rings is 1. The fourth-order valence-corrected chi connectivity index (χ4v) is 3.73. The molecule has 1 aromatic rings. The van der Waals surface area contributed by atoms with Crippen molar-refractivity contribution in [2.24, 2.45) is 0 Å². The summed E-state index contributed by atoms with van der Waals surface area (Å²) in [6.07, 6.45) is -0.359. The summed E-state index contributed by atoms with van der Waals surface area (Å²) >= 11 is 0. The van der Waals surface area contributed by atoms with Crippen molar-refractivity contribution in [2.75, 3.05) is 26.2 Å². The number of nitrogens with zero attached hydrogens (tertiary/aromatic N) is 1. The van der Waals surface area contributed by atoms with Crippen LogP contribution in [0.2, 0.25) is 0 Å². The maximum atomic E-state index is 12.6. The van der Waals surface area contributed by atoms with Gasteiger partial charge in [0.2, 0.25) is 10.0 Å². The maximum absolute atomic E-state index is 12.6. The van der Waals surface area contributed by atoms with Gasteiger partial charge in [0.25, 0.3) is 0 Å². The molecule has 1 aromatic carbocycles. The second-order valence-corrected chi connectivity index (χ2v) is 7.45. The lowest BCUT2D eigenvalue weighted by molar-refractivity contribution is -0.137. The van der Waals surface area contributed by atoms with Crippen molar-refractivity contribution in [3.63, 3.8) is 0 Å². The van der Waals surface area contributed by atoms with Crippen LogP contribution in [0.15, 0.2) is 29.2 Å².